The van der Waals surface area contributed by atoms with Crippen LogP contribution in [0.5, 0.6) is 0 Å². The predicted octanol–water partition coefficient (Wildman–Crippen LogP) is 2.93. The van der Waals surface area contributed by atoms with Gasteiger partial charge >= 0.3 is 0 Å². The lowest BCUT2D eigenvalue weighted by atomic mass is 10.2. The number of nitrogens with one attached hydrogen (secondary N) is 1. The second kappa shape index (κ2) is 8.39. The summed E-state index contributed by atoms with van der Waals surface area (Å²) >= 11 is 6.06. The van der Waals surface area contributed by atoms with Crippen molar-refractivity contribution >= 4 is 23.3 Å². The maximum absolute atomic E-state index is 12.4. The van der Waals surface area contributed by atoms with Crippen LogP contribution in [0.2, 0.25) is 5.02 Å². The maximum Gasteiger partial charge on any atom is 0.255 e. The highest BCUT2D eigenvalue weighted by Crippen LogP contribution is 2.20. The molecule has 0 aliphatic rings. The van der Waals surface area contributed by atoms with Gasteiger partial charge in [0.25, 0.3) is 5.91 Å². The Hall–Kier alpha value is -1.80. The minimum atomic E-state index is -0.172. The molecular formula is C14H19ClN4O. The largest absolute Gasteiger partial charge is 0.370 e. The van der Waals surface area contributed by atoms with Gasteiger partial charge in [0.15, 0.2) is 0 Å². The van der Waals surface area contributed by atoms with E-state index >= 15 is 0 Å². The van der Waals surface area contributed by atoms with Gasteiger partial charge in [-0.2, -0.15) is 5.26 Å². The molecule has 1 N–H and O–H groups in total. The number of hydrogen-bond acceptors (Lipinski definition) is 4. The van der Waals surface area contributed by atoms with Crippen LogP contribution in [0.25, 0.3) is 0 Å². The standard InChI is InChI=1S/C14H19ClN4O/c1-3-7-17-13-9-11(12(15)10-18-13)14(20)19(4-2)8-5-6-16/h9-10H,3-5,7-8H2,1-2H3,(H,17,18). The van der Waals surface area contributed by atoms with E-state index in [0.717, 1.165) is 13.0 Å². The highest BCUT2D eigenvalue weighted by molar-refractivity contribution is 6.33. The first kappa shape index (κ1) is 16.3. The number of anilines is 1. The zero-order valence-corrected chi connectivity index (χ0v) is 12.6. The monoisotopic (exact) mass is 294 g/mol. The van der Waals surface area contributed by atoms with Gasteiger partial charge in [0.1, 0.15) is 5.82 Å². The molecule has 6 heteroatoms. The van der Waals surface area contributed by atoms with Crippen LogP contribution in [0.1, 0.15) is 37.0 Å². The van der Waals surface area contributed by atoms with Gasteiger partial charge in [0.2, 0.25) is 0 Å². The lowest BCUT2D eigenvalue weighted by molar-refractivity contribution is 0.0768. The van der Waals surface area contributed by atoms with Gasteiger partial charge < -0.3 is 10.2 Å². The van der Waals surface area contributed by atoms with E-state index in [0.29, 0.717) is 35.9 Å². The average Bonchev–Trinajstić information content (AvgIpc) is 2.47. The van der Waals surface area contributed by atoms with Gasteiger partial charge in [0, 0.05) is 25.8 Å². The summed E-state index contributed by atoms with van der Waals surface area (Å²) in [7, 11) is 0. The molecule has 0 aliphatic carbocycles. The van der Waals surface area contributed by atoms with Crippen LogP contribution in [0.15, 0.2) is 12.3 Å². The van der Waals surface area contributed by atoms with Gasteiger partial charge in [-0.25, -0.2) is 4.98 Å². The number of amides is 1. The minimum absolute atomic E-state index is 0.172. The molecule has 0 unspecified atom stereocenters. The predicted molar refractivity (Wildman–Crippen MR) is 79.8 cm³/mol. The highest BCUT2D eigenvalue weighted by Gasteiger charge is 2.18. The fourth-order valence-electron chi connectivity index (χ4n) is 1.71. The highest BCUT2D eigenvalue weighted by atomic mass is 35.5. The summed E-state index contributed by atoms with van der Waals surface area (Å²) in [4.78, 5) is 18.2. The lowest BCUT2D eigenvalue weighted by Gasteiger charge is -2.20. The van der Waals surface area contributed by atoms with Crippen molar-refractivity contribution in [1.82, 2.24) is 9.88 Å². The van der Waals surface area contributed by atoms with Crippen LogP contribution in [0.4, 0.5) is 5.82 Å². The van der Waals surface area contributed by atoms with Crippen molar-refractivity contribution in [2.45, 2.75) is 26.7 Å². The zero-order valence-electron chi connectivity index (χ0n) is 11.8. The number of carbonyl (C=O) groups excluding carboxylic acids is 1. The SMILES string of the molecule is CCCNc1cc(C(=O)N(CC)CCC#N)c(Cl)cn1. The summed E-state index contributed by atoms with van der Waals surface area (Å²) in [5, 5.41) is 12.1. The Morgan fingerprint density at radius 3 is 2.90 bits per heavy atom. The van der Waals surface area contributed by atoms with Crippen LogP contribution < -0.4 is 5.32 Å². The van der Waals surface area contributed by atoms with Crippen LogP contribution in [-0.4, -0.2) is 35.4 Å². The summed E-state index contributed by atoms with van der Waals surface area (Å²) in [6.45, 7) is 5.66. The molecule has 0 radical (unpaired) electrons. The summed E-state index contributed by atoms with van der Waals surface area (Å²) < 4.78 is 0. The van der Waals surface area contributed by atoms with Crippen molar-refractivity contribution in [2.24, 2.45) is 0 Å². The summed E-state index contributed by atoms with van der Waals surface area (Å²) in [6.07, 6.45) is 2.75. The number of carbonyl (C=O) groups is 1. The molecule has 1 amide bonds. The Balaban J connectivity index is 2.92. The number of aromatic nitrogens is 1. The van der Waals surface area contributed by atoms with Crippen molar-refractivity contribution in [3.8, 4) is 6.07 Å². The van der Waals surface area contributed by atoms with E-state index in [2.05, 4.69) is 17.2 Å². The van der Waals surface area contributed by atoms with Gasteiger partial charge in [-0.1, -0.05) is 18.5 Å². The number of pyridine rings is 1. The van der Waals surface area contributed by atoms with Crippen LogP contribution in [0.3, 0.4) is 0 Å². The Labute approximate surface area is 124 Å². The fourth-order valence-corrected chi connectivity index (χ4v) is 1.90. The lowest BCUT2D eigenvalue weighted by Crippen LogP contribution is -2.32. The first-order valence-electron chi connectivity index (χ1n) is 6.69. The van der Waals surface area contributed by atoms with Gasteiger partial charge in [-0.3, -0.25) is 4.79 Å². The number of hydrogen-bond donors (Lipinski definition) is 1. The molecule has 0 atom stereocenters. The van der Waals surface area contributed by atoms with Gasteiger partial charge in [-0.05, 0) is 19.4 Å². The molecule has 0 saturated heterocycles. The van der Waals surface area contributed by atoms with Crippen molar-refractivity contribution < 1.29 is 4.79 Å². The topological polar surface area (TPSA) is 69.0 Å². The van der Waals surface area contributed by atoms with Crippen molar-refractivity contribution in [2.75, 3.05) is 25.0 Å². The second-order valence-electron chi connectivity index (χ2n) is 4.27. The van der Waals surface area contributed by atoms with E-state index in [1.54, 1.807) is 11.0 Å². The van der Waals surface area contributed by atoms with E-state index in [1.165, 1.54) is 6.20 Å². The molecule has 0 spiro atoms. The van der Waals surface area contributed by atoms with E-state index in [4.69, 9.17) is 16.9 Å². The van der Waals surface area contributed by atoms with Crippen LogP contribution in [0, 0.1) is 11.3 Å². The van der Waals surface area contributed by atoms with E-state index in [-0.39, 0.29) is 5.91 Å². The Morgan fingerprint density at radius 2 is 2.30 bits per heavy atom. The number of halogens is 1. The molecule has 0 saturated carbocycles. The third-order valence-electron chi connectivity index (χ3n) is 2.80. The normalized spacial score (nSPS) is 9.90. The molecule has 1 aromatic rings. The first-order valence-corrected chi connectivity index (χ1v) is 7.07. The second-order valence-corrected chi connectivity index (χ2v) is 4.68. The number of nitriles is 1. The quantitative estimate of drug-likeness (QED) is 0.839. The Bertz CT molecular complexity index is 498. The van der Waals surface area contributed by atoms with Crippen molar-refractivity contribution in [3.63, 3.8) is 0 Å². The number of rotatable bonds is 7. The van der Waals surface area contributed by atoms with E-state index < -0.39 is 0 Å². The smallest absolute Gasteiger partial charge is 0.255 e. The molecular weight excluding hydrogens is 276 g/mol. The molecule has 0 aliphatic heterocycles. The average molecular weight is 295 g/mol. The number of nitrogens with zero attached hydrogens (tertiary/aromatic N) is 3. The molecule has 5 nitrogen and oxygen atoms in total. The van der Waals surface area contributed by atoms with Crippen LogP contribution in [-0.2, 0) is 0 Å². The molecule has 0 aromatic carbocycles. The van der Waals surface area contributed by atoms with Gasteiger partial charge in [-0.15, -0.1) is 0 Å². The van der Waals surface area contributed by atoms with Gasteiger partial charge in [0.05, 0.1) is 23.1 Å². The Morgan fingerprint density at radius 1 is 1.55 bits per heavy atom. The summed E-state index contributed by atoms with van der Waals surface area (Å²) in [5.41, 5.74) is 0.417. The van der Waals surface area contributed by atoms with E-state index in [1.807, 2.05) is 13.0 Å². The van der Waals surface area contributed by atoms with Crippen molar-refractivity contribution in [1.29, 1.82) is 5.26 Å². The molecule has 108 valence electrons. The molecule has 20 heavy (non-hydrogen) atoms. The van der Waals surface area contributed by atoms with E-state index in [9.17, 15) is 4.79 Å². The zero-order chi connectivity index (χ0) is 15.0. The molecule has 1 heterocycles. The molecule has 0 fully saturated rings. The Kier molecular flexibility index (Phi) is 6.82. The van der Waals surface area contributed by atoms with Crippen molar-refractivity contribution in [3.05, 3.63) is 22.8 Å². The third-order valence-corrected chi connectivity index (χ3v) is 3.11. The minimum Gasteiger partial charge on any atom is -0.370 e. The third kappa shape index (κ3) is 4.39. The maximum atomic E-state index is 12.4. The molecule has 1 aromatic heterocycles. The molecule has 0 bridgehead atoms. The van der Waals surface area contributed by atoms with Crippen LogP contribution >= 0.6 is 11.6 Å². The first-order chi connectivity index (χ1) is 9.63. The summed E-state index contributed by atoms with van der Waals surface area (Å²) in [6, 6.07) is 3.70. The summed E-state index contributed by atoms with van der Waals surface area (Å²) in [5.74, 6) is 0.464. The fraction of sp³-hybridized carbons (Fsp3) is 0.500. The molecule has 1 rings (SSSR count).